The highest BCUT2D eigenvalue weighted by Gasteiger charge is 2.12. The predicted molar refractivity (Wildman–Crippen MR) is 65.1 cm³/mol. The summed E-state index contributed by atoms with van der Waals surface area (Å²) in [6.07, 6.45) is 2.77. The standard InChI is InChI=1S/C11H10N4O3/c12-9-2-1-8(5-10(9)15(17)18)6-14-7-13-4-3-11(14)16/h1-5,7H,6,12H2. The number of hydrogen-bond acceptors (Lipinski definition) is 5. The van der Waals surface area contributed by atoms with E-state index >= 15 is 0 Å². The minimum Gasteiger partial charge on any atom is -0.393 e. The highest BCUT2D eigenvalue weighted by atomic mass is 16.6. The molecule has 0 saturated carbocycles. The zero-order valence-corrected chi connectivity index (χ0v) is 9.31. The first-order valence-electron chi connectivity index (χ1n) is 5.11. The summed E-state index contributed by atoms with van der Waals surface area (Å²) in [6.45, 7) is 0.216. The topological polar surface area (TPSA) is 104 Å². The van der Waals surface area contributed by atoms with E-state index in [-0.39, 0.29) is 23.5 Å². The van der Waals surface area contributed by atoms with E-state index < -0.39 is 4.92 Å². The smallest absolute Gasteiger partial charge is 0.292 e. The van der Waals surface area contributed by atoms with E-state index in [0.717, 1.165) is 0 Å². The average Bonchev–Trinajstić information content (AvgIpc) is 2.34. The molecule has 0 aliphatic rings. The number of nitrogen functional groups attached to an aromatic ring is 1. The van der Waals surface area contributed by atoms with Crippen LogP contribution in [0.15, 0.2) is 41.6 Å². The van der Waals surface area contributed by atoms with Crippen molar-refractivity contribution in [2.75, 3.05) is 5.73 Å². The average molecular weight is 246 g/mol. The molecular weight excluding hydrogens is 236 g/mol. The highest BCUT2D eigenvalue weighted by molar-refractivity contribution is 5.59. The Hall–Kier alpha value is -2.70. The number of nitro benzene ring substituents is 1. The number of aromatic nitrogens is 2. The van der Waals surface area contributed by atoms with Crippen molar-refractivity contribution in [3.63, 3.8) is 0 Å². The van der Waals surface area contributed by atoms with E-state index in [0.29, 0.717) is 5.56 Å². The molecule has 7 heteroatoms. The lowest BCUT2D eigenvalue weighted by molar-refractivity contribution is -0.384. The van der Waals surface area contributed by atoms with Crippen molar-refractivity contribution >= 4 is 11.4 Å². The molecule has 0 amide bonds. The lowest BCUT2D eigenvalue weighted by atomic mass is 10.1. The van der Waals surface area contributed by atoms with Crippen LogP contribution < -0.4 is 11.3 Å². The van der Waals surface area contributed by atoms with E-state index in [2.05, 4.69) is 4.98 Å². The first kappa shape index (κ1) is 11.8. The van der Waals surface area contributed by atoms with E-state index in [4.69, 9.17) is 5.73 Å². The number of hydrogen-bond donors (Lipinski definition) is 1. The van der Waals surface area contributed by atoms with Crippen LogP contribution in [0, 0.1) is 10.1 Å². The molecule has 0 saturated heterocycles. The van der Waals surface area contributed by atoms with Gasteiger partial charge >= 0.3 is 0 Å². The fourth-order valence-corrected chi connectivity index (χ4v) is 1.54. The molecule has 0 atom stereocenters. The second-order valence-corrected chi connectivity index (χ2v) is 3.70. The molecule has 2 rings (SSSR count). The van der Waals surface area contributed by atoms with Gasteiger partial charge in [-0.25, -0.2) is 4.98 Å². The summed E-state index contributed by atoms with van der Waals surface area (Å²) in [7, 11) is 0. The number of nitro groups is 1. The maximum atomic E-state index is 11.5. The SMILES string of the molecule is Nc1ccc(Cn2cnccc2=O)cc1[N+](=O)[O-]. The van der Waals surface area contributed by atoms with Crippen LogP contribution in [-0.4, -0.2) is 14.5 Å². The van der Waals surface area contributed by atoms with Gasteiger partial charge in [0, 0.05) is 18.3 Å². The van der Waals surface area contributed by atoms with E-state index in [9.17, 15) is 14.9 Å². The minimum atomic E-state index is -0.551. The first-order chi connectivity index (χ1) is 8.58. The van der Waals surface area contributed by atoms with Crippen LogP contribution in [0.3, 0.4) is 0 Å². The van der Waals surface area contributed by atoms with Gasteiger partial charge in [0.1, 0.15) is 5.69 Å². The third kappa shape index (κ3) is 2.34. The van der Waals surface area contributed by atoms with E-state index in [1.807, 2.05) is 0 Å². The predicted octanol–water partition coefficient (Wildman–Crippen LogP) is 0.782. The largest absolute Gasteiger partial charge is 0.393 e. The van der Waals surface area contributed by atoms with Gasteiger partial charge in [-0.05, 0) is 11.6 Å². The summed E-state index contributed by atoms with van der Waals surface area (Å²) < 4.78 is 1.36. The van der Waals surface area contributed by atoms with Crippen LogP contribution in [0.1, 0.15) is 5.56 Å². The van der Waals surface area contributed by atoms with Crippen LogP contribution in [0.5, 0.6) is 0 Å². The molecule has 2 N–H and O–H groups in total. The Morgan fingerprint density at radius 1 is 1.39 bits per heavy atom. The van der Waals surface area contributed by atoms with Crippen LogP contribution in [-0.2, 0) is 6.54 Å². The molecule has 0 bridgehead atoms. The zero-order valence-electron chi connectivity index (χ0n) is 9.31. The Bertz CT molecular complexity index is 651. The van der Waals surface area contributed by atoms with Gasteiger partial charge in [-0.3, -0.25) is 19.5 Å². The number of rotatable bonds is 3. The lowest BCUT2D eigenvalue weighted by Crippen LogP contribution is -2.19. The maximum Gasteiger partial charge on any atom is 0.292 e. The normalized spacial score (nSPS) is 10.2. The van der Waals surface area contributed by atoms with E-state index in [1.165, 1.54) is 35.3 Å². The number of nitrogens with zero attached hydrogens (tertiary/aromatic N) is 3. The van der Waals surface area contributed by atoms with Gasteiger partial charge in [-0.2, -0.15) is 0 Å². The Morgan fingerprint density at radius 2 is 2.17 bits per heavy atom. The van der Waals surface area contributed by atoms with Gasteiger partial charge in [0.2, 0.25) is 0 Å². The quantitative estimate of drug-likeness (QED) is 0.489. The molecular formula is C11H10N4O3. The van der Waals surface area contributed by atoms with Crippen molar-refractivity contribution in [3.8, 4) is 0 Å². The first-order valence-corrected chi connectivity index (χ1v) is 5.11. The number of anilines is 1. The summed E-state index contributed by atoms with van der Waals surface area (Å²) in [6, 6.07) is 5.77. The zero-order chi connectivity index (χ0) is 13.1. The molecule has 7 nitrogen and oxygen atoms in total. The summed E-state index contributed by atoms with van der Waals surface area (Å²) >= 11 is 0. The highest BCUT2D eigenvalue weighted by Crippen LogP contribution is 2.22. The Labute approximate surface area is 102 Å². The summed E-state index contributed by atoms with van der Waals surface area (Å²) in [4.78, 5) is 25.5. The van der Waals surface area contributed by atoms with E-state index in [1.54, 1.807) is 6.07 Å². The van der Waals surface area contributed by atoms with Gasteiger partial charge in [0.05, 0.1) is 17.8 Å². The summed E-state index contributed by atoms with van der Waals surface area (Å²) in [5, 5.41) is 10.7. The molecule has 0 unspecified atom stereocenters. The van der Waals surface area contributed by atoms with Gasteiger partial charge in [-0.15, -0.1) is 0 Å². The van der Waals surface area contributed by atoms with Crippen molar-refractivity contribution in [3.05, 3.63) is 62.8 Å². The van der Waals surface area contributed by atoms with Crippen molar-refractivity contribution in [2.24, 2.45) is 0 Å². The molecule has 0 aliphatic carbocycles. The minimum absolute atomic E-state index is 0.0993. The fourth-order valence-electron chi connectivity index (χ4n) is 1.54. The molecule has 0 spiro atoms. The van der Waals surface area contributed by atoms with Gasteiger partial charge < -0.3 is 5.73 Å². The second kappa shape index (κ2) is 4.66. The molecule has 0 aliphatic heterocycles. The summed E-state index contributed by atoms with van der Waals surface area (Å²) in [5.41, 5.74) is 5.83. The van der Waals surface area contributed by atoms with Crippen molar-refractivity contribution in [2.45, 2.75) is 6.54 Å². The molecule has 1 aromatic carbocycles. The number of benzene rings is 1. The van der Waals surface area contributed by atoms with Crippen LogP contribution in [0.4, 0.5) is 11.4 Å². The molecule has 92 valence electrons. The molecule has 0 fully saturated rings. The third-order valence-electron chi connectivity index (χ3n) is 2.44. The maximum absolute atomic E-state index is 11.5. The molecule has 18 heavy (non-hydrogen) atoms. The Balaban J connectivity index is 2.36. The molecule has 1 aromatic heterocycles. The Kier molecular flexibility index (Phi) is 3.05. The molecule has 0 radical (unpaired) electrons. The monoisotopic (exact) mass is 246 g/mol. The van der Waals surface area contributed by atoms with Crippen molar-refractivity contribution < 1.29 is 4.92 Å². The number of nitrogens with two attached hydrogens (primary N) is 1. The summed E-state index contributed by atoms with van der Waals surface area (Å²) in [5.74, 6) is 0. The van der Waals surface area contributed by atoms with Crippen LogP contribution in [0.2, 0.25) is 0 Å². The van der Waals surface area contributed by atoms with Crippen LogP contribution in [0.25, 0.3) is 0 Å². The Morgan fingerprint density at radius 3 is 2.83 bits per heavy atom. The second-order valence-electron chi connectivity index (χ2n) is 3.70. The van der Waals surface area contributed by atoms with Gasteiger partial charge in [-0.1, -0.05) is 6.07 Å². The fraction of sp³-hybridized carbons (Fsp3) is 0.0909. The molecule has 1 heterocycles. The van der Waals surface area contributed by atoms with Gasteiger partial charge in [0.15, 0.2) is 0 Å². The third-order valence-corrected chi connectivity index (χ3v) is 2.44. The van der Waals surface area contributed by atoms with Crippen molar-refractivity contribution in [1.82, 2.24) is 9.55 Å². The van der Waals surface area contributed by atoms with Gasteiger partial charge in [0.25, 0.3) is 11.2 Å². The van der Waals surface area contributed by atoms with Crippen LogP contribution >= 0.6 is 0 Å². The van der Waals surface area contributed by atoms with Crippen molar-refractivity contribution in [1.29, 1.82) is 0 Å². The molecule has 2 aromatic rings. The lowest BCUT2D eigenvalue weighted by Gasteiger charge is -2.05.